The molecule has 1 nitrogen and oxygen atoms in total. The molecule has 92 valence electrons. The predicted octanol–water partition coefficient (Wildman–Crippen LogP) is 4.79. The normalized spacial score (nSPS) is 9.94. The van der Waals surface area contributed by atoms with Gasteiger partial charge < -0.3 is 4.74 Å². The van der Waals surface area contributed by atoms with Gasteiger partial charge in [-0.05, 0) is 24.6 Å². The lowest BCUT2D eigenvalue weighted by Crippen LogP contribution is -1.91. The molecule has 0 radical (unpaired) electrons. The first kappa shape index (κ1) is 15.2. The Morgan fingerprint density at radius 2 is 2.00 bits per heavy atom. The molecule has 1 heteroatoms. The van der Waals surface area contributed by atoms with Crippen LogP contribution in [-0.2, 0) is 11.3 Å². The minimum Gasteiger partial charge on any atom is -0.489 e. The molecule has 1 aromatic carbocycles. The molecule has 0 aromatic heterocycles. The zero-order valence-electron chi connectivity index (χ0n) is 11.1. The summed E-state index contributed by atoms with van der Waals surface area (Å²) < 4.78 is 5.54. The van der Waals surface area contributed by atoms with Crippen molar-refractivity contribution in [3.63, 3.8) is 0 Å². The van der Waals surface area contributed by atoms with Gasteiger partial charge in [-0.15, -0.1) is 0 Å². The molecule has 0 N–H and O–H groups in total. The summed E-state index contributed by atoms with van der Waals surface area (Å²) in [6.45, 7) is 13.9. The zero-order chi connectivity index (χ0) is 13.1. The van der Waals surface area contributed by atoms with Crippen LogP contribution in [0.5, 0.6) is 0 Å². The highest BCUT2D eigenvalue weighted by molar-refractivity contribution is 5.22. The monoisotopic (exact) mass is 230 g/mol. The van der Waals surface area contributed by atoms with E-state index in [1.54, 1.807) is 18.2 Å². The Balaban J connectivity index is 0.00000121. The summed E-state index contributed by atoms with van der Waals surface area (Å²) in [6.07, 6.45) is 5.16. The molecule has 0 spiro atoms. The van der Waals surface area contributed by atoms with Gasteiger partial charge in [-0.25, -0.2) is 0 Å². The van der Waals surface area contributed by atoms with E-state index in [1.807, 2.05) is 26.0 Å². The van der Waals surface area contributed by atoms with Crippen molar-refractivity contribution in [1.82, 2.24) is 0 Å². The van der Waals surface area contributed by atoms with Crippen LogP contribution in [0.25, 0.3) is 0 Å². The molecule has 1 aromatic rings. The van der Waals surface area contributed by atoms with Crippen LogP contribution in [0, 0.1) is 6.92 Å². The van der Waals surface area contributed by atoms with E-state index in [4.69, 9.17) is 4.74 Å². The van der Waals surface area contributed by atoms with Gasteiger partial charge in [0.15, 0.2) is 0 Å². The van der Waals surface area contributed by atoms with Crippen molar-refractivity contribution in [3.05, 3.63) is 72.5 Å². The van der Waals surface area contributed by atoms with Crippen LogP contribution >= 0.6 is 0 Å². The maximum absolute atomic E-state index is 5.54. The smallest absolute Gasteiger partial charge is 0.119 e. The van der Waals surface area contributed by atoms with E-state index in [2.05, 4.69) is 32.2 Å². The molecule has 0 aliphatic carbocycles. The van der Waals surface area contributed by atoms with Gasteiger partial charge in [-0.2, -0.15) is 0 Å². The number of rotatable bonds is 5. The van der Waals surface area contributed by atoms with E-state index in [-0.39, 0.29) is 0 Å². The molecule has 0 aliphatic heterocycles. The van der Waals surface area contributed by atoms with Crippen LogP contribution in [0.1, 0.15) is 25.0 Å². The van der Waals surface area contributed by atoms with Crippen LogP contribution in [-0.4, -0.2) is 0 Å². The molecule has 17 heavy (non-hydrogen) atoms. The third kappa shape index (κ3) is 6.41. The molecular weight excluding hydrogens is 208 g/mol. The zero-order valence-corrected chi connectivity index (χ0v) is 11.1. The lowest BCUT2D eigenvalue weighted by atomic mass is 10.1. The predicted molar refractivity (Wildman–Crippen MR) is 75.8 cm³/mol. The Hall–Kier alpha value is -1.76. The second-order valence-corrected chi connectivity index (χ2v) is 3.29. The van der Waals surface area contributed by atoms with Crippen LogP contribution < -0.4 is 0 Å². The quantitative estimate of drug-likeness (QED) is 0.522. The molecule has 0 saturated carbocycles. The Bertz CT molecular complexity index is 375. The largest absolute Gasteiger partial charge is 0.489 e. The average Bonchev–Trinajstić information content (AvgIpc) is 2.37. The van der Waals surface area contributed by atoms with Gasteiger partial charge in [-0.3, -0.25) is 0 Å². The summed E-state index contributed by atoms with van der Waals surface area (Å²) >= 11 is 0. The van der Waals surface area contributed by atoms with E-state index < -0.39 is 0 Å². The van der Waals surface area contributed by atoms with Gasteiger partial charge in [-0.1, -0.05) is 62.9 Å². The van der Waals surface area contributed by atoms with Crippen LogP contribution in [0.15, 0.2) is 61.4 Å². The fourth-order valence-electron chi connectivity index (χ4n) is 1.26. The van der Waals surface area contributed by atoms with E-state index in [0.29, 0.717) is 6.61 Å². The van der Waals surface area contributed by atoms with Crippen molar-refractivity contribution in [2.24, 2.45) is 0 Å². The second kappa shape index (κ2) is 9.46. The molecular formula is C16H22O. The first-order valence-electron chi connectivity index (χ1n) is 5.89. The number of benzene rings is 1. The van der Waals surface area contributed by atoms with Gasteiger partial charge in [0.1, 0.15) is 12.4 Å². The van der Waals surface area contributed by atoms with Crippen LogP contribution in [0.3, 0.4) is 0 Å². The van der Waals surface area contributed by atoms with Crippen molar-refractivity contribution in [1.29, 1.82) is 0 Å². The van der Waals surface area contributed by atoms with Gasteiger partial charge in [0.25, 0.3) is 0 Å². The van der Waals surface area contributed by atoms with Gasteiger partial charge in [0, 0.05) is 0 Å². The summed E-state index contributed by atoms with van der Waals surface area (Å²) in [7, 11) is 0. The average molecular weight is 230 g/mol. The van der Waals surface area contributed by atoms with Crippen LogP contribution in [0.4, 0.5) is 0 Å². The number of hydrogen-bond acceptors (Lipinski definition) is 1. The van der Waals surface area contributed by atoms with Crippen molar-refractivity contribution in [2.75, 3.05) is 0 Å². The Morgan fingerprint density at radius 3 is 2.53 bits per heavy atom. The molecule has 0 saturated heterocycles. The molecule has 1 rings (SSSR count). The molecule has 0 bridgehead atoms. The summed E-state index contributed by atoms with van der Waals surface area (Å²) in [5.74, 6) is 0.742. The van der Waals surface area contributed by atoms with E-state index in [9.17, 15) is 0 Å². The second-order valence-electron chi connectivity index (χ2n) is 3.29. The van der Waals surface area contributed by atoms with Gasteiger partial charge >= 0.3 is 0 Å². The molecule has 0 fully saturated rings. The van der Waals surface area contributed by atoms with E-state index >= 15 is 0 Å². The first-order valence-corrected chi connectivity index (χ1v) is 5.89. The standard InChI is InChI=1S/C14H16O.C2H6/c1-4-7-14(5-2)15-11-13-9-6-8-12(3)10-13;1-2/h4-10H,1-2,11H2,3H3;1-2H3/b14-7+;. The lowest BCUT2D eigenvalue weighted by molar-refractivity contribution is 0.211. The number of ether oxygens (including phenoxy) is 1. The van der Waals surface area contributed by atoms with Gasteiger partial charge in [0.2, 0.25) is 0 Å². The maximum Gasteiger partial charge on any atom is 0.119 e. The Morgan fingerprint density at radius 1 is 1.29 bits per heavy atom. The third-order valence-corrected chi connectivity index (χ3v) is 1.97. The maximum atomic E-state index is 5.54. The molecule has 0 atom stereocenters. The van der Waals surface area contributed by atoms with Gasteiger partial charge in [0.05, 0.1) is 0 Å². The SMILES string of the molecule is C=C/C=C(\C=C)OCc1cccc(C)c1.CC. The Kier molecular flexibility index (Phi) is 8.48. The van der Waals surface area contributed by atoms with Crippen molar-refractivity contribution in [3.8, 4) is 0 Å². The molecule has 0 aliphatic rings. The highest BCUT2D eigenvalue weighted by atomic mass is 16.5. The number of hydrogen-bond donors (Lipinski definition) is 0. The minimum absolute atomic E-state index is 0.563. The van der Waals surface area contributed by atoms with E-state index in [0.717, 1.165) is 11.3 Å². The minimum atomic E-state index is 0.563. The fraction of sp³-hybridized carbons (Fsp3) is 0.250. The summed E-state index contributed by atoms with van der Waals surface area (Å²) in [5, 5.41) is 0. The number of aryl methyl sites for hydroxylation is 1. The molecule has 0 unspecified atom stereocenters. The molecule has 0 amide bonds. The van der Waals surface area contributed by atoms with Crippen molar-refractivity contribution >= 4 is 0 Å². The van der Waals surface area contributed by atoms with Crippen molar-refractivity contribution in [2.45, 2.75) is 27.4 Å². The third-order valence-electron chi connectivity index (χ3n) is 1.97. The van der Waals surface area contributed by atoms with E-state index in [1.165, 1.54) is 5.56 Å². The summed E-state index contributed by atoms with van der Waals surface area (Å²) in [5.41, 5.74) is 2.40. The highest BCUT2D eigenvalue weighted by Gasteiger charge is 1.95. The fourth-order valence-corrected chi connectivity index (χ4v) is 1.26. The Labute approximate surface area is 105 Å². The highest BCUT2D eigenvalue weighted by Crippen LogP contribution is 2.08. The molecule has 0 heterocycles. The first-order chi connectivity index (χ1) is 8.26. The summed E-state index contributed by atoms with van der Waals surface area (Å²) in [6, 6.07) is 8.24. The lowest BCUT2D eigenvalue weighted by Gasteiger charge is -2.06. The summed E-state index contributed by atoms with van der Waals surface area (Å²) in [4.78, 5) is 0. The van der Waals surface area contributed by atoms with Crippen molar-refractivity contribution < 1.29 is 4.74 Å². The van der Waals surface area contributed by atoms with Crippen LogP contribution in [0.2, 0.25) is 0 Å². The number of allylic oxidation sites excluding steroid dienone is 3. The topological polar surface area (TPSA) is 9.23 Å².